The quantitative estimate of drug-likeness (QED) is 0.425. The number of hydrogen-bond donors (Lipinski definition) is 3. The lowest BCUT2D eigenvalue weighted by Crippen LogP contribution is -2.30. The molecule has 30 heavy (non-hydrogen) atoms. The van der Waals surface area contributed by atoms with E-state index in [4.69, 9.17) is 4.74 Å². The van der Waals surface area contributed by atoms with E-state index in [2.05, 4.69) is 22.2 Å². The van der Waals surface area contributed by atoms with Crippen LogP contribution in [0, 0.1) is 0 Å². The highest BCUT2D eigenvalue weighted by molar-refractivity contribution is 5.94. The third-order valence-electron chi connectivity index (χ3n) is 4.85. The number of fused-ring (bicyclic) bond motifs is 1. The zero-order valence-corrected chi connectivity index (χ0v) is 17.4. The molecule has 0 bridgehead atoms. The number of amides is 1. The number of aliphatic hydroxyl groups excluding tert-OH is 1. The molecule has 1 atom stereocenters. The number of H-pyrrole nitrogens is 1. The number of unbranched alkanes of at least 4 members (excludes halogenated alkanes) is 1. The molecule has 3 rings (SSSR count). The lowest BCUT2D eigenvalue weighted by atomic mass is 10.3. The van der Waals surface area contributed by atoms with Gasteiger partial charge in [0.2, 0.25) is 6.41 Å². The monoisotopic (exact) mass is 415 g/mol. The second-order valence-electron chi connectivity index (χ2n) is 7.28. The number of anilines is 2. The number of nitrogens with one attached hydrogen (secondary N) is 2. The fourth-order valence-electron chi connectivity index (χ4n) is 3.19. The van der Waals surface area contributed by atoms with E-state index in [1.165, 1.54) is 4.57 Å². The first kappa shape index (κ1) is 21.6. The van der Waals surface area contributed by atoms with Crippen LogP contribution in [0.1, 0.15) is 43.6 Å². The van der Waals surface area contributed by atoms with Crippen LogP contribution in [0.4, 0.5) is 11.5 Å². The van der Waals surface area contributed by atoms with Crippen molar-refractivity contribution in [1.29, 1.82) is 0 Å². The molecule has 1 aliphatic heterocycles. The van der Waals surface area contributed by atoms with E-state index in [9.17, 15) is 14.7 Å². The summed E-state index contributed by atoms with van der Waals surface area (Å²) < 4.78 is 7.18. The van der Waals surface area contributed by atoms with Crippen LogP contribution in [0.3, 0.4) is 0 Å². The Balaban J connectivity index is 1.85. The van der Waals surface area contributed by atoms with Crippen molar-refractivity contribution in [3.8, 4) is 5.75 Å². The Morgan fingerprint density at radius 1 is 1.47 bits per heavy atom. The van der Waals surface area contributed by atoms with Gasteiger partial charge in [0.1, 0.15) is 17.8 Å². The van der Waals surface area contributed by atoms with Crippen LogP contribution in [0.25, 0.3) is 0 Å². The number of carbonyl (C=O) groups excluding carboxylic acids is 2. The molecule has 9 nitrogen and oxygen atoms in total. The smallest absolute Gasteiger partial charge is 0.267 e. The van der Waals surface area contributed by atoms with Gasteiger partial charge in [-0.25, -0.2) is 0 Å². The maximum absolute atomic E-state index is 12.4. The van der Waals surface area contributed by atoms with Gasteiger partial charge in [-0.1, -0.05) is 13.3 Å². The summed E-state index contributed by atoms with van der Waals surface area (Å²) in [6, 6.07) is 5.38. The van der Waals surface area contributed by atoms with E-state index in [1.54, 1.807) is 19.2 Å². The number of pyridine rings is 1. The lowest BCUT2D eigenvalue weighted by Gasteiger charge is -2.28. The zero-order chi connectivity index (χ0) is 21.5. The molecule has 0 aliphatic carbocycles. The van der Waals surface area contributed by atoms with Gasteiger partial charge in [0.25, 0.3) is 5.91 Å². The molecule has 2 aromatic heterocycles. The SMILES string of the molecule is CCCC/N=c1/cc(N2CCOc3cc(C(=O)NCCC(C)O)[nH]c32)ccn1C=O. The number of aliphatic hydroxyl groups is 1. The molecule has 0 radical (unpaired) electrons. The summed E-state index contributed by atoms with van der Waals surface area (Å²) in [5, 5.41) is 12.1. The van der Waals surface area contributed by atoms with Gasteiger partial charge in [-0.05, 0) is 25.8 Å². The number of aromatic amines is 1. The van der Waals surface area contributed by atoms with Crippen molar-refractivity contribution in [3.05, 3.63) is 35.6 Å². The standard InChI is InChI=1S/C21H29N5O4/c1-3-4-7-22-19-12-16(6-9-25(19)14-27)26-10-11-30-18-13-17(24-20(18)26)21(29)23-8-5-15(2)28/h6,9,12-15,24,28H,3-5,7-8,10-11H2,1-2H3,(H,23,29)/b22-19-. The molecule has 1 aliphatic rings. The topological polar surface area (TPSA) is 112 Å². The number of hydrogen-bond acceptors (Lipinski definition) is 6. The second-order valence-corrected chi connectivity index (χ2v) is 7.28. The summed E-state index contributed by atoms with van der Waals surface area (Å²) >= 11 is 0. The molecular weight excluding hydrogens is 386 g/mol. The normalized spacial score (nSPS) is 14.8. The summed E-state index contributed by atoms with van der Waals surface area (Å²) in [5.41, 5.74) is 1.84. The predicted molar refractivity (Wildman–Crippen MR) is 114 cm³/mol. The number of nitrogens with zero attached hydrogens (tertiary/aromatic N) is 3. The number of rotatable bonds is 9. The molecule has 0 saturated carbocycles. The van der Waals surface area contributed by atoms with Gasteiger partial charge in [0, 0.05) is 37.1 Å². The first-order valence-electron chi connectivity index (χ1n) is 10.3. The van der Waals surface area contributed by atoms with E-state index >= 15 is 0 Å². The van der Waals surface area contributed by atoms with Crippen LogP contribution in [0.2, 0.25) is 0 Å². The summed E-state index contributed by atoms with van der Waals surface area (Å²) in [5.74, 6) is 1.03. The molecule has 3 N–H and O–H groups in total. The summed E-state index contributed by atoms with van der Waals surface area (Å²) in [6.07, 6.45) is 4.43. The van der Waals surface area contributed by atoms with Gasteiger partial charge in [-0.15, -0.1) is 0 Å². The van der Waals surface area contributed by atoms with Gasteiger partial charge >= 0.3 is 0 Å². The molecule has 0 spiro atoms. The van der Waals surface area contributed by atoms with Gasteiger partial charge in [-0.3, -0.25) is 19.1 Å². The highest BCUT2D eigenvalue weighted by Crippen LogP contribution is 2.36. The molecule has 0 saturated heterocycles. The Hall–Kier alpha value is -3.07. The minimum Gasteiger partial charge on any atom is -0.488 e. The maximum atomic E-state index is 12.4. The second kappa shape index (κ2) is 10.1. The lowest BCUT2D eigenvalue weighted by molar-refractivity contribution is 0.0941. The van der Waals surface area contributed by atoms with Crippen molar-refractivity contribution in [1.82, 2.24) is 14.9 Å². The van der Waals surface area contributed by atoms with Crippen LogP contribution in [-0.2, 0) is 4.79 Å². The number of ether oxygens (including phenoxy) is 1. The summed E-state index contributed by atoms with van der Waals surface area (Å²) in [4.78, 5) is 33.5. The summed E-state index contributed by atoms with van der Waals surface area (Å²) in [7, 11) is 0. The molecule has 162 valence electrons. The Labute approximate surface area is 175 Å². The van der Waals surface area contributed by atoms with Gasteiger partial charge in [0.05, 0.1) is 12.6 Å². The highest BCUT2D eigenvalue weighted by Gasteiger charge is 2.24. The maximum Gasteiger partial charge on any atom is 0.267 e. The Bertz CT molecular complexity index is 947. The summed E-state index contributed by atoms with van der Waals surface area (Å²) in [6.45, 7) is 5.88. The molecule has 0 fully saturated rings. The van der Waals surface area contributed by atoms with Gasteiger partial charge < -0.3 is 25.0 Å². The van der Waals surface area contributed by atoms with Crippen molar-refractivity contribution in [2.75, 3.05) is 31.1 Å². The van der Waals surface area contributed by atoms with Gasteiger partial charge in [-0.2, -0.15) is 0 Å². The minimum atomic E-state index is -0.467. The van der Waals surface area contributed by atoms with Crippen molar-refractivity contribution in [3.63, 3.8) is 0 Å². The molecule has 1 unspecified atom stereocenters. The minimum absolute atomic E-state index is 0.254. The van der Waals surface area contributed by atoms with Crippen LogP contribution in [0.5, 0.6) is 5.75 Å². The molecular formula is C21H29N5O4. The van der Waals surface area contributed by atoms with E-state index in [1.807, 2.05) is 17.0 Å². The van der Waals surface area contributed by atoms with E-state index in [0.29, 0.717) is 55.4 Å². The average Bonchev–Trinajstić information content (AvgIpc) is 3.18. The number of carbonyl (C=O) groups is 2. The van der Waals surface area contributed by atoms with Gasteiger partial charge in [0.15, 0.2) is 11.6 Å². The fraction of sp³-hybridized carbons (Fsp3) is 0.476. The Morgan fingerprint density at radius 3 is 3.03 bits per heavy atom. The van der Waals surface area contributed by atoms with Crippen molar-refractivity contribution in [2.45, 2.75) is 39.2 Å². The van der Waals surface area contributed by atoms with Crippen molar-refractivity contribution in [2.24, 2.45) is 4.99 Å². The van der Waals surface area contributed by atoms with Crippen molar-refractivity contribution < 1.29 is 19.4 Å². The van der Waals surface area contributed by atoms with E-state index < -0.39 is 6.10 Å². The Kier molecular flexibility index (Phi) is 7.29. The average molecular weight is 415 g/mol. The molecule has 2 aromatic rings. The fourth-order valence-corrected chi connectivity index (χ4v) is 3.19. The highest BCUT2D eigenvalue weighted by atomic mass is 16.5. The first-order chi connectivity index (χ1) is 14.5. The van der Waals surface area contributed by atoms with Crippen LogP contribution in [-0.4, -0.2) is 59.3 Å². The van der Waals surface area contributed by atoms with Crippen molar-refractivity contribution >= 4 is 23.8 Å². The van der Waals surface area contributed by atoms with Crippen LogP contribution < -0.4 is 20.4 Å². The largest absolute Gasteiger partial charge is 0.488 e. The molecule has 9 heteroatoms. The zero-order valence-electron chi connectivity index (χ0n) is 17.4. The van der Waals surface area contributed by atoms with E-state index in [0.717, 1.165) is 24.9 Å². The van der Waals surface area contributed by atoms with Crippen LogP contribution in [0.15, 0.2) is 29.4 Å². The van der Waals surface area contributed by atoms with E-state index in [-0.39, 0.29) is 5.91 Å². The predicted octanol–water partition coefficient (Wildman–Crippen LogP) is 1.59. The number of aromatic nitrogens is 2. The molecule has 3 heterocycles. The molecule has 1 amide bonds. The molecule has 0 aromatic carbocycles. The third-order valence-corrected chi connectivity index (χ3v) is 4.85. The third kappa shape index (κ3) is 5.10. The first-order valence-corrected chi connectivity index (χ1v) is 10.3. The Morgan fingerprint density at radius 2 is 2.30 bits per heavy atom. The van der Waals surface area contributed by atoms with Crippen LogP contribution >= 0.6 is 0 Å².